The number of fused-ring (bicyclic) bond motifs is 1. The van der Waals surface area contributed by atoms with Crippen molar-refractivity contribution in [1.29, 1.82) is 0 Å². The van der Waals surface area contributed by atoms with E-state index in [0.29, 0.717) is 5.92 Å². The zero-order valence-corrected chi connectivity index (χ0v) is 9.65. The lowest BCUT2D eigenvalue weighted by Crippen LogP contribution is -2.20. The molecule has 0 aliphatic carbocycles. The molecule has 1 aromatic carbocycles. The Morgan fingerprint density at radius 2 is 2.20 bits per heavy atom. The molecule has 1 heterocycles. The highest BCUT2D eigenvalue weighted by molar-refractivity contribution is 7.80. The van der Waals surface area contributed by atoms with Gasteiger partial charge in [0.1, 0.15) is 5.75 Å². The third kappa shape index (κ3) is 2.04. The van der Waals surface area contributed by atoms with Crippen molar-refractivity contribution in [2.45, 2.75) is 6.92 Å². The lowest BCUT2D eigenvalue weighted by atomic mass is 10.2. The van der Waals surface area contributed by atoms with Crippen LogP contribution in [0, 0.1) is 5.92 Å². The van der Waals surface area contributed by atoms with E-state index in [0.717, 1.165) is 28.7 Å². The fourth-order valence-corrected chi connectivity index (χ4v) is 1.71. The number of anilines is 2. The van der Waals surface area contributed by atoms with Crippen molar-refractivity contribution in [3.05, 3.63) is 18.2 Å². The van der Waals surface area contributed by atoms with Crippen molar-refractivity contribution >= 4 is 28.6 Å². The van der Waals surface area contributed by atoms with Gasteiger partial charge in [-0.2, -0.15) is 0 Å². The van der Waals surface area contributed by atoms with Crippen molar-refractivity contribution in [3.63, 3.8) is 0 Å². The van der Waals surface area contributed by atoms with Crippen LogP contribution in [0.3, 0.4) is 0 Å². The minimum absolute atomic E-state index is 0.346. The van der Waals surface area contributed by atoms with Gasteiger partial charge in [0.2, 0.25) is 0 Å². The van der Waals surface area contributed by atoms with E-state index in [4.69, 9.17) is 17.0 Å². The summed E-state index contributed by atoms with van der Waals surface area (Å²) in [4.78, 5) is 0.881. The van der Waals surface area contributed by atoms with E-state index < -0.39 is 0 Å². The summed E-state index contributed by atoms with van der Waals surface area (Å²) in [6.45, 7) is 2.96. The van der Waals surface area contributed by atoms with E-state index in [1.807, 2.05) is 18.2 Å². The standard InChI is InChI=1S/C11H14N2OS/c1-7-6-12-10-5-8(14-2)3-4-9(10)13-11(7)15/h3-5,7,12H,6H2,1-2H3,(H,13,15). The number of hydrogen-bond donors (Lipinski definition) is 2. The first-order chi connectivity index (χ1) is 7.20. The highest BCUT2D eigenvalue weighted by Crippen LogP contribution is 2.29. The molecule has 1 aliphatic heterocycles. The molecule has 0 radical (unpaired) electrons. The highest BCUT2D eigenvalue weighted by Gasteiger charge is 2.16. The second kappa shape index (κ2) is 4.06. The smallest absolute Gasteiger partial charge is 0.121 e. The molecule has 80 valence electrons. The number of nitrogens with one attached hydrogen (secondary N) is 2. The fourth-order valence-electron chi connectivity index (χ4n) is 1.52. The number of methoxy groups -OCH3 is 1. The summed E-state index contributed by atoms with van der Waals surface area (Å²) in [7, 11) is 1.67. The van der Waals surface area contributed by atoms with Gasteiger partial charge in [0.05, 0.1) is 23.5 Å². The maximum atomic E-state index is 5.27. The minimum atomic E-state index is 0.346. The Morgan fingerprint density at radius 3 is 2.93 bits per heavy atom. The molecule has 4 heteroatoms. The minimum Gasteiger partial charge on any atom is -0.497 e. The Kier molecular flexibility index (Phi) is 2.77. The van der Waals surface area contributed by atoms with E-state index in [-0.39, 0.29) is 0 Å². The van der Waals surface area contributed by atoms with Gasteiger partial charge < -0.3 is 15.4 Å². The van der Waals surface area contributed by atoms with Gasteiger partial charge in [0, 0.05) is 18.5 Å². The van der Waals surface area contributed by atoms with E-state index in [9.17, 15) is 0 Å². The van der Waals surface area contributed by atoms with Crippen molar-refractivity contribution in [2.75, 3.05) is 24.3 Å². The molecule has 1 atom stereocenters. The largest absolute Gasteiger partial charge is 0.497 e. The molecule has 1 unspecified atom stereocenters. The molecular formula is C11H14N2OS. The predicted octanol–water partition coefficient (Wildman–Crippen LogP) is 2.50. The second-order valence-corrected chi connectivity index (χ2v) is 4.12. The Labute approximate surface area is 94.8 Å². The molecule has 15 heavy (non-hydrogen) atoms. The molecule has 1 aromatic rings. The van der Waals surface area contributed by atoms with Gasteiger partial charge in [-0.25, -0.2) is 0 Å². The molecule has 2 rings (SSSR count). The summed E-state index contributed by atoms with van der Waals surface area (Å²) in [5, 5.41) is 6.59. The van der Waals surface area contributed by atoms with Gasteiger partial charge in [-0.15, -0.1) is 0 Å². The van der Waals surface area contributed by atoms with Gasteiger partial charge in [-0.3, -0.25) is 0 Å². The Morgan fingerprint density at radius 1 is 1.40 bits per heavy atom. The lowest BCUT2D eigenvalue weighted by Gasteiger charge is -2.09. The second-order valence-electron chi connectivity index (χ2n) is 3.68. The van der Waals surface area contributed by atoms with Gasteiger partial charge >= 0.3 is 0 Å². The molecule has 0 fully saturated rings. The molecule has 0 spiro atoms. The van der Waals surface area contributed by atoms with E-state index in [1.54, 1.807) is 7.11 Å². The predicted molar refractivity (Wildman–Crippen MR) is 66.9 cm³/mol. The monoisotopic (exact) mass is 222 g/mol. The van der Waals surface area contributed by atoms with Crippen LogP contribution in [0.5, 0.6) is 5.75 Å². The van der Waals surface area contributed by atoms with Gasteiger partial charge in [-0.05, 0) is 12.1 Å². The van der Waals surface area contributed by atoms with E-state index in [1.165, 1.54) is 0 Å². The van der Waals surface area contributed by atoms with Gasteiger partial charge in [-0.1, -0.05) is 19.1 Å². The van der Waals surface area contributed by atoms with Crippen LogP contribution in [0.25, 0.3) is 0 Å². The third-order valence-electron chi connectivity index (χ3n) is 2.53. The van der Waals surface area contributed by atoms with Gasteiger partial charge in [0.15, 0.2) is 0 Å². The maximum absolute atomic E-state index is 5.27. The van der Waals surface area contributed by atoms with Crippen LogP contribution in [0.2, 0.25) is 0 Å². The molecule has 3 nitrogen and oxygen atoms in total. The summed E-state index contributed by atoms with van der Waals surface area (Å²) in [5.41, 5.74) is 2.06. The normalized spacial score (nSPS) is 19.6. The number of benzene rings is 1. The van der Waals surface area contributed by atoms with Crippen LogP contribution in [-0.2, 0) is 0 Å². The number of ether oxygens (including phenoxy) is 1. The van der Waals surface area contributed by atoms with Crippen molar-refractivity contribution in [3.8, 4) is 5.75 Å². The average Bonchev–Trinajstić information content (AvgIpc) is 2.39. The topological polar surface area (TPSA) is 33.3 Å². The van der Waals surface area contributed by atoms with E-state index >= 15 is 0 Å². The lowest BCUT2D eigenvalue weighted by molar-refractivity contribution is 0.415. The maximum Gasteiger partial charge on any atom is 0.121 e. The Hall–Kier alpha value is -1.29. The SMILES string of the molecule is COc1ccc2c(c1)NCC(C)C(=S)N2. The van der Waals surface area contributed by atoms with Crippen molar-refractivity contribution in [2.24, 2.45) is 5.92 Å². The van der Waals surface area contributed by atoms with Crippen LogP contribution in [-0.4, -0.2) is 18.6 Å². The molecular weight excluding hydrogens is 208 g/mol. The summed E-state index contributed by atoms with van der Waals surface area (Å²) in [6.07, 6.45) is 0. The van der Waals surface area contributed by atoms with Crippen LogP contribution in [0.15, 0.2) is 18.2 Å². The summed E-state index contributed by atoms with van der Waals surface area (Å²) in [5.74, 6) is 1.20. The number of rotatable bonds is 1. The average molecular weight is 222 g/mol. The molecule has 0 saturated carbocycles. The zero-order chi connectivity index (χ0) is 10.8. The van der Waals surface area contributed by atoms with E-state index in [2.05, 4.69) is 17.6 Å². The first-order valence-electron chi connectivity index (χ1n) is 4.93. The van der Waals surface area contributed by atoms with Crippen LogP contribution >= 0.6 is 12.2 Å². The third-order valence-corrected chi connectivity index (χ3v) is 3.04. The molecule has 0 saturated heterocycles. The first-order valence-corrected chi connectivity index (χ1v) is 5.34. The molecule has 0 amide bonds. The highest BCUT2D eigenvalue weighted by atomic mass is 32.1. The number of hydrogen-bond acceptors (Lipinski definition) is 3. The molecule has 1 aliphatic rings. The first kappa shape index (κ1) is 10.2. The summed E-state index contributed by atoms with van der Waals surface area (Å²) in [6, 6.07) is 5.88. The summed E-state index contributed by atoms with van der Waals surface area (Å²) < 4.78 is 5.17. The van der Waals surface area contributed by atoms with Crippen molar-refractivity contribution < 1.29 is 4.74 Å². The fraction of sp³-hybridized carbons (Fsp3) is 0.364. The summed E-state index contributed by atoms with van der Waals surface area (Å²) >= 11 is 5.27. The Bertz CT molecular complexity index is 392. The van der Waals surface area contributed by atoms with Crippen LogP contribution in [0.4, 0.5) is 11.4 Å². The molecule has 2 N–H and O–H groups in total. The Balaban J connectivity index is 2.34. The zero-order valence-electron chi connectivity index (χ0n) is 8.83. The van der Waals surface area contributed by atoms with Crippen LogP contribution < -0.4 is 15.4 Å². The quantitative estimate of drug-likeness (QED) is 0.715. The van der Waals surface area contributed by atoms with Gasteiger partial charge in [0.25, 0.3) is 0 Å². The number of thiocarbonyl (C=S) groups is 1. The molecule has 0 bridgehead atoms. The van der Waals surface area contributed by atoms with Crippen molar-refractivity contribution in [1.82, 2.24) is 0 Å². The van der Waals surface area contributed by atoms with Crippen LogP contribution in [0.1, 0.15) is 6.92 Å². The molecule has 0 aromatic heterocycles.